The van der Waals surface area contributed by atoms with Crippen LogP contribution in [0.1, 0.15) is 32.0 Å². The van der Waals surface area contributed by atoms with Gasteiger partial charge in [0.25, 0.3) is 0 Å². The number of carbonyl (C=O) groups is 1. The summed E-state index contributed by atoms with van der Waals surface area (Å²) in [5.41, 5.74) is 6.69. The predicted molar refractivity (Wildman–Crippen MR) is 69.2 cm³/mol. The molecule has 94 valence electrons. The van der Waals surface area contributed by atoms with Gasteiger partial charge in [-0.15, -0.1) is 11.3 Å². The van der Waals surface area contributed by atoms with E-state index in [9.17, 15) is 4.79 Å². The summed E-state index contributed by atoms with van der Waals surface area (Å²) in [6, 6.07) is -0.158. The molecule has 1 aliphatic heterocycles. The van der Waals surface area contributed by atoms with Crippen molar-refractivity contribution >= 4 is 22.4 Å². The molecule has 0 aliphatic carbocycles. The average Bonchev–Trinajstić information content (AvgIpc) is 2.77. The van der Waals surface area contributed by atoms with Gasteiger partial charge in [-0.1, -0.05) is 6.92 Å². The van der Waals surface area contributed by atoms with Crippen LogP contribution in [0.2, 0.25) is 0 Å². The third-order valence-electron chi connectivity index (χ3n) is 2.94. The summed E-state index contributed by atoms with van der Waals surface area (Å²) in [5.74, 6) is 0.0938. The van der Waals surface area contributed by atoms with E-state index in [2.05, 4.69) is 15.2 Å². The highest BCUT2D eigenvalue weighted by molar-refractivity contribution is 7.13. The molecule has 1 aliphatic rings. The molecular weight excluding hydrogens is 236 g/mol. The third-order valence-corrected chi connectivity index (χ3v) is 3.84. The normalized spacial score (nSPS) is 22.4. The molecule has 0 saturated carbocycles. The topological polar surface area (TPSA) is 71.2 Å². The third kappa shape index (κ3) is 2.42. The Morgan fingerprint density at radius 1 is 1.76 bits per heavy atom. The largest absolute Gasteiger partial charge is 0.353 e. The smallest absolute Gasteiger partial charge is 0.242 e. The van der Waals surface area contributed by atoms with Crippen LogP contribution >= 0.6 is 11.3 Å². The van der Waals surface area contributed by atoms with E-state index >= 15 is 0 Å². The molecule has 2 atom stereocenters. The van der Waals surface area contributed by atoms with Crippen molar-refractivity contribution in [3.8, 4) is 0 Å². The van der Waals surface area contributed by atoms with Crippen LogP contribution < -0.4 is 16.0 Å². The maximum Gasteiger partial charge on any atom is 0.242 e. The standard InChI is InChI=1S/C11H18N4OS/c1-3-9-10(16)13-4-5-15(9)11-14-8(6-17-11)7(2)12/h6-7,9H,3-5,12H2,1-2H3,(H,13,16). The van der Waals surface area contributed by atoms with Crippen LogP contribution in [-0.2, 0) is 4.79 Å². The van der Waals surface area contributed by atoms with Gasteiger partial charge in [-0.2, -0.15) is 0 Å². The Balaban J connectivity index is 2.21. The molecule has 6 heteroatoms. The maximum absolute atomic E-state index is 11.7. The number of piperazine rings is 1. The molecule has 1 aromatic heterocycles. The molecule has 2 rings (SSSR count). The second kappa shape index (κ2) is 5.01. The van der Waals surface area contributed by atoms with Crippen molar-refractivity contribution in [2.75, 3.05) is 18.0 Å². The summed E-state index contributed by atoms with van der Waals surface area (Å²) in [7, 11) is 0. The molecule has 0 bridgehead atoms. The van der Waals surface area contributed by atoms with Crippen molar-refractivity contribution in [1.82, 2.24) is 10.3 Å². The van der Waals surface area contributed by atoms with Crippen LogP contribution in [-0.4, -0.2) is 30.0 Å². The minimum Gasteiger partial charge on any atom is -0.353 e. The van der Waals surface area contributed by atoms with Gasteiger partial charge in [0.2, 0.25) is 5.91 Å². The number of carbonyl (C=O) groups excluding carboxylic acids is 1. The first-order valence-corrected chi connectivity index (χ1v) is 6.76. The molecule has 0 radical (unpaired) electrons. The van der Waals surface area contributed by atoms with Gasteiger partial charge in [-0.05, 0) is 13.3 Å². The lowest BCUT2D eigenvalue weighted by Gasteiger charge is -2.34. The van der Waals surface area contributed by atoms with E-state index in [1.165, 1.54) is 0 Å². The predicted octanol–water partition coefficient (Wildman–Crippen LogP) is 0.878. The van der Waals surface area contributed by atoms with E-state index in [0.29, 0.717) is 6.54 Å². The SMILES string of the molecule is CCC1C(=O)NCCN1c1nc(C(C)N)cs1. The number of amides is 1. The van der Waals surface area contributed by atoms with Gasteiger partial charge in [-0.25, -0.2) is 4.98 Å². The second-order valence-corrected chi connectivity index (χ2v) is 5.09. The number of anilines is 1. The number of rotatable bonds is 3. The summed E-state index contributed by atoms with van der Waals surface area (Å²) < 4.78 is 0. The summed E-state index contributed by atoms with van der Waals surface area (Å²) in [6.07, 6.45) is 0.791. The lowest BCUT2D eigenvalue weighted by atomic mass is 10.1. The number of aromatic nitrogens is 1. The molecule has 2 heterocycles. The fourth-order valence-electron chi connectivity index (χ4n) is 1.97. The van der Waals surface area contributed by atoms with Crippen molar-refractivity contribution in [3.63, 3.8) is 0 Å². The summed E-state index contributed by atoms with van der Waals surface area (Å²) in [4.78, 5) is 18.3. The lowest BCUT2D eigenvalue weighted by molar-refractivity contribution is -0.123. The average molecular weight is 254 g/mol. The van der Waals surface area contributed by atoms with Gasteiger partial charge in [0.1, 0.15) is 6.04 Å². The molecule has 0 spiro atoms. The minimum atomic E-state index is -0.101. The lowest BCUT2D eigenvalue weighted by Crippen LogP contribution is -2.55. The molecule has 5 nitrogen and oxygen atoms in total. The van der Waals surface area contributed by atoms with E-state index in [1.54, 1.807) is 11.3 Å². The molecule has 1 saturated heterocycles. The molecule has 0 aromatic carbocycles. The van der Waals surface area contributed by atoms with Gasteiger partial charge in [-0.3, -0.25) is 4.79 Å². The zero-order chi connectivity index (χ0) is 12.4. The zero-order valence-corrected chi connectivity index (χ0v) is 11.0. The number of nitrogens with zero attached hydrogens (tertiary/aromatic N) is 2. The van der Waals surface area contributed by atoms with Crippen LogP contribution in [0.25, 0.3) is 0 Å². The number of hydrogen-bond donors (Lipinski definition) is 2. The summed E-state index contributed by atoms with van der Waals surface area (Å²) in [6.45, 7) is 5.43. The van der Waals surface area contributed by atoms with Crippen LogP contribution in [0.5, 0.6) is 0 Å². The van der Waals surface area contributed by atoms with Crippen LogP contribution in [0.4, 0.5) is 5.13 Å². The first-order valence-electron chi connectivity index (χ1n) is 5.88. The molecule has 2 unspecified atom stereocenters. The van der Waals surface area contributed by atoms with E-state index in [0.717, 1.165) is 23.8 Å². The van der Waals surface area contributed by atoms with Crippen molar-refractivity contribution in [3.05, 3.63) is 11.1 Å². The van der Waals surface area contributed by atoms with Crippen molar-refractivity contribution in [1.29, 1.82) is 0 Å². The van der Waals surface area contributed by atoms with Gasteiger partial charge < -0.3 is 16.0 Å². The Hall–Kier alpha value is -1.14. The maximum atomic E-state index is 11.7. The zero-order valence-electron chi connectivity index (χ0n) is 10.1. The van der Waals surface area contributed by atoms with Gasteiger partial charge in [0, 0.05) is 24.5 Å². The quantitative estimate of drug-likeness (QED) is 0.840. The van der Waals surface area contributed by atoms with E-state index < -0.39 is 0 Å². The van der Waals surface area contributed by atoms with Crippen LogP contribution in [0.3, 0.4) is 0 Å². The number of thiazole rings is 1. The Morgan fingerprint density at radius 2 is 2.53 bits per heavy atom. The Kier molecular flexibility index (Phi) is 3.63. The van der Waals surface area contributed by atoms with Gasteiger partial charge in [0.05, 0.1) is 5.69 Å². The number of hydrogen-bond acceptors (Lipinski definition) is 5. The first-order chi connectivity index (χ1) is 8.13. The summed E-state index contributed by atoms with van der Waals surface area (Å²) >= 11 is 1.56. The molecule has 1 fully saturated rings. The molecule has 3 N–H and O–H groups in total. The van der Waals surface area contributed by atoms with E-state index in [4.69, 9.17) is 5.73 Å². The van der Waals surface area contributed by atoms with Crippen molar-refractivity contribution < 1.29 is 4.79 Å². The van der Waals surface area contributed by atoms with Crippen molar-refractivity contribution in [2.24, 2.45) is 5.73 Å². The second-order valence-electron chi connectivity index (χ2n) is 4.25. The van der Waals surface area contributed by atoms with Gasteiger partial charge in [0.15, 0.2) is 5.13 Å². The molecule has 1 aromatic rings. The Bertz CT molecular complexity index is 404. The number of nitrogens with two attached hydrogens (primary N) is 1. The van der Waals surface area contributed by atoms with E-state index in [1.807, 2.05) is 19.2 Å². The van der Waals surface area contributed by atoms with E-state index in [-0.39, 0.29) is 18.0 Å². The molecule has 1 amide bonds. The van der Waals surface area contributed by atoms with Gasteiger partial charge >= 0.3 is 0 Å². The highest BCUT2D eigenvalue weighted by atomic mass is 32.1. The highest BCUT2D eigenvalue weighted by Crippen LogP contribution is 2.26. The molecule has 17 heavy (non-hydrogen) atoms. The highest BCUT2D eigenvalue weighted by Gasteiger charge is 2.29. The Morgan fingerprint density at radius 3 is 3.12 bits per heavy atom. The van der Waals surface area contributed by atoms with Crippen LogP contribution in [0, 0.1) is 0 Å². The minimum absolute atomic E-state index is 0.0568. The van der Waals surface area contributed by atoms with Crippen LogP contribution in [0.15, 0.2) is 5.38 Å². The monoisotopic (exact) mass is 254 g/mol. The van der Waals surface area contributed by atoms with Crippen molar-refractivity contribution in [2.45, 2.75) is 32.4 Å². The number of nitrogens with one attached hydrogen (secondary N) is 1. The first kappa shape index (κ1) is 12.3. The summed E-state index contributed by atoms with van der Waals surface area (Å²) in [5, 5.41) is 5.76. The fraction of sp³-hybridized carbons (Fsp3) is 0.636. The molecular formula is C11H18N4OS. The Labute approximate surface area is 105 Å². The fourth-order valence-corrected chi connectivity index (χ4v) is 2.97.